The lowest BCUT2D eigenvalue weighted by atomic mass is 10.1. The van der Waals surface area contributed by atoms with Gasteiger partial charge in [-0.1, -0.05) is 19.8 Å². The van der Waals surface area contributed by atoms with Crippen LogP contribution >= 0.6 is 0 Å². The largest absolute Gasteiger partial charge is 0.480 e. The predicted octanol–water partition coefficient (Wildman–Crippen LogP) is 0.927. The van der Waals surface area contributed by atoms with Crippen molar-refractivity contribution in [3.63, 3.8) is 0 Å². The first kappa shape index (κ1) is 10.4. The normalized spacial score (nSPS) is 15.9. The summed E-state index contributed by atoms with van der Waals surface area (Å²) < 4.78 is 12.7. The topological polar surface area (TPSA) is 63.3 Å². The summed E-state index contributed by atoms with van der Waals surface area (Å²) in [6.07, 6.45) is 0.367. The summed E-state index contributed by atoms with van der Waals surface area (Å²) in [7, 11) is 0. The molecule has 0 aliphatic heterocycles. The number of carbonyl (C=O) groups is 1. The Bertz CT molecular complexity index is 130. The fourth-order valence-corrected chi connectivity index (χ4v) is 0.733. The molecular weight excluding hydrogens is 149 g/mol. The summed E-state index contributed by atoms with van der Waals surface area (Å²) in [5.41, 5.74) is 5.03. The van der Waals surface area contributed by atoms with Gasteiger partial charge in [0.15, 0.2) is 0 Å². The molecule has 0 unspecified atom stereocenters. The lowest BCUT2D eigenvalue weighted by molar-refractivity contribution is -0.140. The molecule has 0 aliphatic carbocycles. The third-order valence-electron chi connectivity index (χ3n) is 1.51. The van der Waals surface area contributed by atoms with Gasteiger partial charge in [0, 0.05) is 0 Å². The second-order valence-corrected chi connectivity index (χ2v) is 2.52. The molecule has 3 nitrogen and oxygen atoms in total. The average Bonchev–Trinajstić information content (AvgIpc) is 1.98. The Kier molecular flexibility index (Phi) is 4.77. The highest BCUT2D eigenvalue weighted by Gasteiger charge is 2.22. The van der Waals surface area contributed by atoms with E-state index in [9.17, 15) is 9.18 Å². The minimum absolute atomic E-state index is 0.240. The Hall–Kier alpha value is -0.640. The molecule has 0 bridgehead atoms. The van der Waals surface area contributed by atoms with Crippen LogP contribution in [0.15, 0.2) is 0 Å². The Balaban J connectivity index is 3.63. The van der Waals surface area contributed by atoms with E-state index in [1.807, 2.05) is 6.92 Å². The lowest BCUT2D eigenvalue weighted by Crippen LogP contribution is -2.39. The summed E-state index contributed by atoms with van der Waals surface area (Å²) in [6, 6.07) is -1.36. The van der Waals surface area contributed by atoms with Crippen LogP contribution in [0.5, 0.6) is 0 Å². The number of halogens is 1. The summed E-state index contributed by atoms with van der Waals surface area (Å²) in [4.78, 5) is 10.1. The van der Waals surface area contributed by atoms with Gasteiger partial charge >= 0.3 is 5.97 Å². The Morgan fingerprint density at radius 1 is 1.73 bits per heavy atom. The van der Waals surface area contributed by atoms with Gasteiger partial charge in [-0.15, -0.1) is 0 Å². The number of hydrogen-bond acceptors (Lipinski definition) is 2. The molecule has 11 heavy (non-hydrogen) atoms. The number of carboxylic acids is 1. The predicted molar refractivity (Wildman–Crippen MR) is 40.0 cm³/mol. The third-order valence-corrected chi connectivity index (χ3v) is 1.51. The van der Waals surface area contributed by atoms with Crippen LogP contribution in [0.4, 0.5) is 4.39 Å². The van der Waals surface area contributed by atoms with Gasteiger partial charge in [0.2, 0.25) is 0 Å². The fourth-order valence-electron chi connectivity index (χ4n) is 0.733. The Labute approximate surface area is 65.4 Å². The standard InChI is InChI=1S/C7H14FNO2/c1-2-3-4-5(8)6(9)7(10)11/h5-6H,2-4,9H2,1H3,(H,10,11)/t5-,6-/m0/s1. The zero-order valence-electron chi connectivity index (χ0n) is 6.59. The van der Waals surface area contributed by atoms with E-state index in [1.54, 1.807) is 0 Å². The van der Waals surface area contributed by atoms with Crippen LogP contribution in [0.3, 0.4) is 0 Å². The average molecular weight is 163 g/mol. The van der Waals surface area contributed by atoms with Crippen LogP contribution in [0.1, 0.15) is 26.2 Å². The van der Waals surface area contributed by atoms with Crippen molar-refractivity contribution < 1.29 is 14.3 Å². The maximum atomic E-state index is 12.7. The minimum Gasteiger partial charge on any atom is -0.480 e. The molecule has 0 amide bonds. The lowest BCUT2D eigenvalue weighted by Gasteiger charge is -2.10. The maximum absolute atomic E-state index is 12.7. The number of nitrogens with two attached hydrogens (primary N) is 1. The van der Waals surface area contributed by atoms with Crippen molar-refractivity contribution >= 4 is 5.97 Å². The monoisotopic (exact) mass is 163 g/mol. The molecular formula is C7H14FNO2. The van der Waals surface area contributed by atoms with Crippen molar-refractivity contribution in [2.24, 2.45) is 5.73 Å². The van der Waals surface area contributed by atoms with Crippen LogP contribution in [0, 0.1) is 0 Å². The smallest absolute Gasteiger partial charge is 0.323 e. The van der Waals surface area contributed by atoms with E-state index in [4.69, 9.17) is 10.8 Å². The molecule has 66 valence electrons. The second kappa shape index (κ2) is 5.07. The van der Waals surface area contributed by atoms with Crippen LogP contribution in [-0.4, -0.2) is 23.3 Å². The van der Waals surface area contributed by atoms with E-state index in [1.165, 1.54) is 0 Å². The highest BCUT2D eigenvalue weighted by molar-refractivity contribution is 5.73. The van der Waals surface area contributed by atoms with Crippen LogP contribution in [-0.2, 0) is 4.79 Å². The van der Waals surface area contributed by atoms with E-state index in [-0.39, 0.29) is 6.42 Å². The van der Waals surface area contributed by atoms with Gasteiger partial charge in [-0.05, 0) is 6.42 Å². The minimum atomic E-state index is -1.41. The number of unbranched alkanes of at least 4 members (excludes halogenated alkanes) is 1. The van der Waals surface area contributed by atoms with E-state index in [0.717, 1.165) is 6.42 Å². The molecule has 0 aliphatic rings. The molecule has 0 aromatic heterocycles. The summed E-state index contributed by atoms with van der Waals surface area (Å²) in [5.74, 6) is -1.27. The van der Waals surface area contributed by atoms with Crippen LogP contribution in [0.25, 0.3) is 0 Å². The van der Waals surface area contributed by atoms with E-state index >= 15 is 0 Å². The van der Waals surface area contributed by atoms with Gasteiger partial charge in [0.1, 0.15) is 12.2 Å². The second-order valence-electron chi connectivity index (χ2n) is 2.52. The molecule has 0 heterocycles. The number of aliphatic carboxylic acids is 1. The molecule has 0 aromatic rings. The quantitative estimate of drug-likeness (QED) is 0.633. The van der Waals surface area contributed by atoms with Gasteiger partial charge in [-0.2, -0.15) is 0 Å². The fraction of sp³-hybridized carbons (Fsp3) is 0.857. The van der Waals surface area contributed by atoms with Crippen molar-refractivity contribution in [2.75, 3.05) is 0 Å². The zero-order chi connectivity index (χ0) is 8.85. The molecule has 0 aromatic carbocycles. The summed E-state index contributed by atoms with van der Waals surface area (Å²) in [6.45, 7) is 1.92. The van der Waals surface area contributed by atoms with E-state index in [2.05, 4.69) is 0 Å². The van der Waals surface area contributed by atoms with Gasteiger partial charge in [0.05, 0.1) is 0 Å². The van der Waals surface area contributed by atoms with Gasteiger partial charge < -0.3 is 10.8 Å². The maximum Gasteiger partial charge on any atom is 0.323 e. The highest BCUT2D eigenvalue weighted by Crippen LogP contribution is 2.07. The third kappa shape index (κ3) is 3.93. The number of hydrogen-bond donors (Lipinski definition) is 2. The molecule has 3 N–H and O–H groups in total. The van der Waals surface area contributed by atoms with E-state index in [0.29, 0.717) is 6.42 Å². The van der Waals surface area contributed by atoms with Crippen molar-refractivity contribution in [2.45, 2.75) is 38.4 Å². The highest BCUT2D eigenvalue weighted by atomic mass is 19.1. The SMILES string of the molecule is CCCC[C@H](F)[C@H](N)C(=O)O. The molecule has 4 heteroatoms. The molecule has 0 spiro atoms. The van der Waals surface area contributed by atoms with Gasteiger partial charge in [-0.25, -0.2) is 4.39 Å². The Morgan fingerprint density at radius 3 is 2.64 bits per heavy atom. The van der Waals surface area contributed by atoms with Crippen molar-refractivity contribution in [1.29, 1.82) is 0 Å². The Morgan fingerprint density at radius 2 is 2.27 bits per heavy atom. The molecule has 0 rings (SSSR count). The zero-order valence-corrected chi connectivity index (χ0v) is 6.59. The van der Waals surface area contributed by atoms with Crippen molar-refractivity contribution in [3.05, 3.63) is 0 Å². The molecule has 2 atom stereocenters. The number of carboxylic acid groups (broad SMARTS) is 1. The van der Waals surface area contributed by atoms with Crippen molar-refractivity contribution in [3.8, 4) is 0 Å². The molecule has 0 saturated carbocycles. The van der Waals surface area contributed by atoms with Crippen LogP contribution in [0.2, 0.25) is 0 Å². The first-order valence-electron chi connectivity index (χ1n) is 3.72. The van der Waals surface area contributed by atoms with E-state index < -0.39 is 18.2 Å². The van der Waals surface area contributed by atoms with Gasteiger partial charge in [-0.3, -0.25) is 4.79 Å². The number of rotatable bonds is 5. The number of alkyl halides is 1. The van der Waals surface area contributed by atoms with Gasteiger partial charge in [0.25, 0.3) is 0 Å². The summed E-state index contributed by atoms with van der Waals surface area (Å²) >= 11 is 0. The molecule has 0 saturated heterocycles. The summed E-state index contributed by atoms with van der Waals surface area (Å²) in [5, 5.41) is 8.29. The first-order chi connectivity index (χ1) is 5.09. The van der Waals surface area contributed by atoms with Crippen LogP contribution < -0.4 is 5.73 Å². The first-order valence-corrected chi connectivity index (χ1v) is 3.72. The molecule has 0 fully saturated rings. The molecule has 0 radical (unpaired) electrons. The van der Waals surface area contributed by atoms with Crippen molar-refractivity contribution in [1.82, 2.24) is 0 Å².